The van der Waals surface area contributed by atoms with Gasteiger partial charge in [-0.05, 0) is 19.4 Å². The second-order valence-corrected chi connectivity index (χ2v) is 4.28. The maximum atomic E-state index is 12.1. The number of hydrogen-bond acceptors (Lipinski definition) is 4. The molecule has 7 heteroatoms. The van der Waals surface area contributed by atoms with Crippen LogP contribution in [0.25, 0.3) is 0 Å². The van der Waals surface area contributed by atoms with Gasteiger partial charge in [0.15, 0.2) is 0 Å². The summed E-state index contributed by atoms with van der Waals surface area (Å²) in [4.78, 5) is 19.1. The van der Waals surface area contributed by atoms with E-state index in [9.17, 15) is 4.79 Å². The van der Waals surface area contributed by atoms with Crippen molar-refractivity contribution in [1.29, 1.82) is 5.26 Å². The average Bonchev–Trinajstić information content (AvgIpc) is 3.12. The third-order valence-electron chi connectivity index (χ3n) is 3.03. The summed E-state index contributed by atoms with van der Waals surface area (Å²) in [5.74, 6) is 0.472. The third kappa shape index (κ3) is 2.69. The molecular weight excluding hydrogens is 256 g/mol. The van der Waals surface area contributed by atoms with Crippen LogP contribution in [0.5, 0.6) is 0 Å². The molecular formula is C13H16N6O. The van der Waals surface area contributed by atoms with Crippen molar-refractivity contribution in [1.82, 2.24) is 25.1 Å². The predicted octanol–water partition coefficient (Wildman–Crippen LogP) is 1.38. The number of nitrogens with zero attached hydrogens (tertiary/aromatic N) is 4. The summed E-state index contributed by atoms with van der Waals surface area (Å²) >= 11 is 0. The number of nitriles is 1. The number of hydrogen-bond donors (Lipinski definition) is 2. The lowest BCUT2D eigenvalue weighted by Gasteiger charge is -2.16. The van der Waals surface area contributed by atoms with Crippen LogP contribution in [0.4, 0.5) is 0 Å². The Labute approximate surface area is 116 Å². The Hall–Kier alpha value is -2.62. The van der Waals surface area contributed by atoms with Gasteiger partial charge in [0, 0.05) is 12.7 Å². The Morgan fingerprint density at radius 3 is 3.00 bits per heavy atom. The van der Waals surface area contributed by atoms with Crippen LogP contribution in [0.1, 0.15) is 48.2 Å². The zero-order valence-corrected chi connectivity index (χ0v) is 11.4. The summed E-state index contributed by atoms with van der Waals surface area (Å²) in [6, 6.07) is 3.29. The minimum absolute atomic E-state index is 0.209. The fourth-order valence-corrected chi connectivity index (χ4v) is 1.96. The highest BCUT2D eigenvalue weighted by molar-refractivity contribution is 5.93. The first-order valence-electron chi connectivity index (χ1n) is 6.46. The quantitative estimate of drug-likeness (QED) is 0.858. The van der Waals surface area contributed by atoms with Crippen LogP contribution >= 0.6 is 0 Å². The van der Waals surface area contributed by atoms with Gasteiger partial charge in [-0.25, -0.2) is 9.67 Å². The normalized spacial score (nSPS) is 11.8. The van der Waals surface area contributed by atoms with E-state index in [1.54, 1.807) is 4.68 Å². The number of aromatic amines is 1. The molecule has 2 N–H and O–H groups in total. The number of amides is 1. The molecule has 0 saturated heterocycles. The van der Waals surface area contributed by atoms with Crippen molar-refractivity contribution < 1.29 is 4.79 Å². The average molecular weight is 272 g/mol. The number of carbonyl (C=O) groups is 1. The minimum Gasteiger partial charge on any atom is -0.356 e. The SMILES string of the molecule is CC[C@@H](NC(=O)c1cc(C#N)c[nH]1)c1ncnn1CC. The van der Waals surface area contributed by atoms with Crippen molar-refractivity contribution in [3.05, 3.63) is 35.7 Å². The molecule has 7 nitrogen and oxygen atoms in total. The van der Waals surface area contributed by atoms with Gasteiger partial charge in [-0.1, -0.05) is 6.92 Å². The van der Waals surface area contributed by atoms with E-state index in [0.717, 1.165) is 5.82 Å². The van der Waals surface area contributed by atoms with E-state index in [-0.39, 0.29) is 11.9 Å². The zero-order valence-electron chi connectivity index (χ0n) is 11.4. The number of aromatic nitrogens is 4. The van der Waals surface area contributed by atoms with Gasteiger partial charge >= 0.3 is 0 Å². The molecule has 1 amide bonds. The first kappa shape index (κ1) is 13.8. The standard InChI is InChI=1S/C13H16N6O/c1-3-10(12-16-8-17-19(12)4-2)18-13(20)11-5-9(6-14)7-15-11/h5,7-8,10,15H,3-4H2,1-2H3,(H,18,20)/t10-/m1/s1. The molecule has 2 heterocycles. The van der Waals surface area contributed by atoms with Crippen molar-refractivity contribution >= 4 is 5.91 Å². The summed E-state index contributed by atoms with van der Waals surface area (Å²) < 4.78 is 1.75. The van der Waals surface area contributed by atoms with Crippen molar-refractivity contribution in [3.63, 3.8) is 0 Å². The van der Waals surface area contributed by atoms with E-state index < -0.39 is 0 Å². The molecule has 0 aliphatic carbocycles. The molecule has 0 saturated carbocycles. The van der Waals surface area contributed by atoms with Crippen molar-refractivity contribution in [2.24, 2.45) is 0 Å². The van der Waals surface area contributed by atoms with Crippen LogP contribution in [-0.2, 0) is 6.54 Å². The van der Waals surface area contributed by atoms with Crippen molar-refractivity contribution in [2.45, 2.75) is 32.9 Å². The maximum Gasteiger partial charge on any atom is 0.268 e. The Bertz CT molecular complexity index is 635. The summed E-state index contributed by atoms with van der Waals surface area (Å²) in [7, 11) is 0. The van der Waals surface area contributed by atoms with E-state index in [4.69, 9.17) is 5.26 Å². The molecule has 0 aliphatic rings. The largest absolute Gasteiger partial charge is 0.356 e. The number of aryl methyl sites for hydroxylation is 1. The topological polar surface area (TPSA) is 99.4 Å². The first-order chi connectivity index (χ1) is 9.69. The predicted molar refractivity (Wildman–Crippen MR) is 71.7 cm³/mol. The monoisotopic (exact) mass is 272 g/mol. The number of carbonyl (C=O) groups excluding carboxylic acids is 1. The Kier molecular flexibility index (Phi) is 4.15. The van der Waals surface area contributed by atoms with Gasteiger partial charge in [0.2, 0.25) is 0 Å². The molecule has 0 aromatic carbocycles. The lowest BCUT2D eigenvalue weighted by molar-refractivity contribution is 0.0928. The van der Waals surface area contributed by atoms with E-state index in [2.05, 4.69) is 20.4 Å². The maximum absolute atomic E-state index is 12.1. The van der Waals surface area contributed by atoms with Gasteiger partial charge in [-0.2, -0.15) is 10.4 Å². The van der Waals surface area contributed by atoms with Crippen LogP contribution < -0.4 is 5.32 Å². The molecule has 20 heavy (non-hydrogen) atoms. The summed E-state index contributed by atoms with van der Waals surface area (Å²) in [5, 5.41) is 15.8. The zero-order chi connectivity index (χ0) is 14.5. The third-order valence-corrected chi connectivity index (χ3v) is 3.03. The van der Waals surface area contributed by atoms with Gasteiger partial charge in [0.05, 0.1) is 11.6 Å². The van der Waals surface area contributed by atoms with Gasteiger partial charge in [0.1, 0.15) is 23.9 Å². The fraction of sp³-hybridized carbons (Fsp3) is 0.385. The van der Waals surface area contributed by atoms with Gasteiger partial charge in [-0.15, -0.1) is 0 Å². The Balaban J connectivity index is 2.14. The van der Waals surface area contributed by atoms with E-state index in [1.807, 2.05) is 19.9 Å². The summed E-state index contributed by atoms with van der Waals surface area (Å²) in [6.07, 6.45) is 3.69. The smallest absolute Gasteiger partial charge is 0.268 e. The molecule has 0 spiro atoms. The van der Waals surface area contributed by atoms with E-state index in [0.29, 0.717) is 24.2 Å². The molecule has 0 aliphatic heterocycles. The van der Waals surface area contributed by atoms with E-state index in [1.165, 1.54) is 18.6 Å². The lowest BCUT2D eigenvalue weighted by Crippen LogP contribution is -2.30. The van der Waals surface area contributed by atoms with Crippen LogP contribution in [0.15, 0.2) is 18.6 Å². The molecule has 104 valence electrons. The van der Waals surface area contributed by atoms with Crippen molar-refractivity contribution in [3.8, 4) is 6.07 Å². The Morgan fingerprint density at radius 1 is 1.60 bits per heavy atom. The molecule has 1 atom stereocenters. The molecule has 0 unspecified atom stereocenters. The van der Waals surface area contributed by atoms with Gasteiger partial charge < -0.3 is 10.3 Å². The number of rotatable bonds is 5. The van der Waals surface area contributed by atoms with Gasteiger partial charge in [-0.3, -0.25) is 4.79 Å². The molecule has 0 radical (unpaired) electrons. The van der Waals surface area contributed by atoms with Crippen LogP contribution in [0, 0.1) is 11.3 Å². The highest BCUT2D eigenvalue weighted by Crippen LogP contribution is 2.14. The first-order valence-corrected chi connectivity index (χ1v) is 6.46. The highest BCUT2D eigenvalue weighted by Gasteiger charge is 2.19. The summed E-state index contributed by atoms with van der Waals surface area (Å²) in [5.41, 5.74) is 0.794. The molecule has 2 rings (SSSR count). The lowest BCUT2D eigenvalue weighted by atomic mass is 10.2. The second kappa shape index (κ2) is 6.02. The Morgan fingerprint density at radius 2 is 2.40 bits per heavy atom. The fourth-order valence-electron chi connectivity index (χ4n) is 1.96. The molecule has 2 aromatic heterocycles. The highest BCUT2D eigenvalue weighted by atomic mass is 16.1. The van der Waals surface area contributed by atoms with Crippen LogP contribution in [-0.4, -0.2) is 25.7 Å². The van der Waals surface area contributed by atoms with Crippen LogP contribution in [0.2, 0.25) is 0 Å². The van der Waals surface area contributed by atoms with E-state index >= 15 is 0 Å². The number of nitrogens with one attached hydrogen (secondary N) is 2. The molecule has 0 fully saturated rings. The second-order valence-electron chi connectivity index (χ2n) is 4.28. The molecule has 2 aromatic rings. The van der Waals surface area contributed by atoms with Crippen molar-refractivity contribution in [2.75, 3.05) is 0 Å². The van der Waals surface area contributed by atoms with Gasteiger partial charge in [0.25, 0.3) is 5.91 Å². The van der Waals surface area contributed by atoms with Crippen LogP contribution in [0.3, 0.4) is 0 Å². The number of H-pyrrole nitrogens is 1. The summed E-state index contributed by atoms with van der Waals surface area (Å²) in [6.45, 7) is 4.63. The minimum atomic E-state index is -0.260. The molecule has 0 bridgehead atoms.